The minimum atomic E-state index is -1.81. The SMILES string of the molecule is C[C@@H](c1ccccc1)N(Cc1ccccc1)[C@@H](CCCO[Si](C)(C)C(C)(C)C)CC(=O)OC(C)(C)C. The Kier molecular flexibility index (Phi) is 11.0. The van der Waals surface area contributed by atoms with E-state index in [0.29, 0.717) is 6.42 Å². The summed E-state index contributed by atoms with van der Waals surface area (Å²) < 4.78 is 12.2. The molecule has 36 heavy (non-hydrogen) atoms. The average molecular weight is 512 g/mol. The minimum absolute atomic E-state index is 0.0401. The fraction of sp³-hybridized carbons (Fsp3) is 0.581. The summed E-state index contributed by atoms with van der Waals surface area (Å²) in [5, 5.41) is 0.185. The van der Waals surface area contributed by atoms with Crippen LogP contribution in [0.3, 0.4) is 0 Å². The molecule has 2 aromatic carbocycles. The number of carbonyl (C=O) groups excluding carboxylic acids is 1. The van der Waals surface area contributed by atoms with Crippen LogP contribution in [0.15, 0.2) is 60.7 Å². The van der Waals surface area contributed by atoms with Crippen molar-refractivity contribution in [3.05, 3.63) is 71.8 Å². The van der Waals surface area contributed by atoms with Crippen LogP contribution in [0, 0.1) is 0 Å². The molecule has 2 atom stereocenters. The van der Waals surface area contributed by atoms with Crippen molar-refractivity contribution in [1.29, 1.82) is 0 Å². The van der Waals surface area contributed by atoms with E-state index in [4.69, 9.17) is 9.16 Å². The van der Waals surface area contributed by atoms with Gasteiger partial charge in [0.2, 0.25) is 0 Å². The molecule has 2 rings (SSSR count). The van der Waals surface area contributed by atoms with Gasteiger partial charge in [-0.05, 0) is 69.8 Å². The molecule has 0 unspecified atom stereocenters. The van der Waals surface area contributed by atoms with Crippen LogP contribution in [0.2, 0.25) is 18.1 Å². The summed E-state index contributed by atoms with van der Waals surface area (Å²) in [6.07, 6.45) is 2.14. The van der Waals surface area contributed by atoms with Gasteiger partial charge < -0.3 is 9.16 Å². The average Bonchev–Trinajstić information content (AvgIpc) is 2.78. The third-order valence-electron chi connectivity index (χ3n) is 7.23. The first-order valence-corrected chi connectivity index (χ1v) is 16.3. The number of hydrogen-bond donors (Lipinski definition) is 0. The van der Waals surface area contributed by atoms with Crippen molar-refractivity contribution in [2.24, 2.45) is 0 Å². The quantitative estimate of drug-likeness (QED) is 0.164. The van der Waals surface area contributed by atoms with E-state index >= 15 is 0 Å². The Morgan fingerprint density at radius 3 is 2.00 bits per heavy atom. The van der Waals surface area contributed by atoms with Gasteiger partial charge in [-0.15, -0.1) is 0 Å². The van der Waals surface area contributed by atoms with Gasteiger partial charge in [0.25, 0.3) is 0 Å². The second kappa shape index (κ2) is 13.0. The van der Waals surface area contributed by atoms with E-state index in [1.54, 1.807) is 0 Å². The Morgan fingerprint density at radius 1 is 0.917 bits per heavy atom. The van der Waals surface area contributed by atoms with Gasteiger partial charge in [0.15, 0.2) is 8.32 Å². The Labute approximate surface area is 221 Å². The monoisotopic (exact) mass is 511 g/mol. The molecule has 200 valence electrons. The van der Waals surface area contributed by atoms with Gasteiger partial charge in [-0.1, -0.05) is 81.4 Å². The largest absolute Gasteiger partial charge is 0.460 e. The van der Waals surface area contributed by atoms with Crippen molar-refractivity contribution < 1.29 is 14.0 Å². The van der Waals surface area contributed by atoms with Gasteiger partial charge in [0.05, 0.1) is 6.42 Å². The van der Waals surface area contributed by atoms with E-state index in [0.717, 1.165) is 26.0 Å². The maximum atomic E-state index is 13.0. The molecule has 0 radical (unpaired) electrons. The summed E-state index contributed by atoms with van der Waals surface area (Å²) in [6, 6.07) is 21.3. The Balaban J connectivity index is 2.28. The first-order valence-electron chi connectivity index (χ1n) is 13.4. The molecular weight excluding hydrogens is 462 g/mol. The lowest BCUT2D eigenvalue weighted by molar-refractivity contribution is -0.156. The molecule has 0 spiro atoms. The number of nitrogens with zero attached hydrogens (tertiary/aromatic N) is 1. The number of rotatable bonds is 12. The van der Waals surface area contributed by atoms with Gasteiger partial charge in [-0.2, -0.15) is 0 Å². The molecule has 0 amide bonds. The van der Waals surface area contributed by atoms with Crippen molar-refractivity contribution in [3.63, 3.8) is 0 Å². The second-order valence-electron chi connectivity index (χ2n) is 12.4. The van der Waals surface area contributed by atoms with Crippen molar-refractivity contribution in [3.8, 4) is 0 Å². The predicted octanol–water partition coefficient (Wildman–Crippen LogP) is 8.15. The summed E-state index contributed by atoms with van der Waals surface area (Å²) in [5.41, 5.74) is 2.00. The predicted molar refractivity (Wildman–Crippen MR) is 153 cm³/mol. The lowest BCUT2D eigenvalue weighted by Gasteiger charge is -2.38. The van der Waals surface area contributed by atoms with Gasteiger partial charge in [0.1, 0.15) is 5.60 Å². The zero-order chi connectivity index (χ0) is 27.0. The second-order valence-corrected chi connectivity index (χ2v) is 17.2. The van der Waals surface area contributed by atoms with Crippen LogP contribution < -0.4 is 0 Å². The molecule has 0 heterocycles. The number of ether oxygens (including phenoxy) is 1. The maximum Gasteiger partial charge on any atom is 0.307 e. The zero-order valence-corrected chi connectivity index (χ0v) is 25.1. The van der Waals surface area contributed by atoms with Crippen LogP contribution in [0.1, 0.15) is 84.9 Å². The molecule has 0 N–H and O–H groups in total. The third-order valence-corrected chi connectivity index (χ3v) is 11.8. The number of hydrogen-bond acceptors (Lipinski definition) is 4. The summed E-state index contributed by atoms with van der Waals surface area (Å²) in [7, 11) is -1.81. The van der Waals surface area contributed by atoms with E-state index in [2.05, 4.69) is 94.2 Å². The topological polar surface area (TPSA) is 38.8 Å². The number of benzene rings is 2. The van der Waals surface area contributed by atoms with Crippen molar-refractivity contribution >= 4 is 14.3 Å². The minimum Gasteiger partial charge on any atom is -0.460 e. The third kappa shape index (κ3) is 9.83. The van der Waals surface area contributed by atoms with Crippen molar-refractivity contribution in [1.82, 2.24) is 4.90 Å². The van der Waals surface area contributed by atoms with E-state index in [9.17, 15) is 4.79 Å². The van der Waals surface area contributed by atoms with Crippen LogP contribution in [0.25, 0.3) is 0 Å². The summed E-state index contributed by atoms with van der Waals surface area (Å²) in [4.78, 5) is 15.5. The summed E-state index contributed by atoms with van der Waals surface area (Å²) in [6.45, 7) is 20.9. The molecule has 4 nitrogen and oxygen atoms in total. The van der Waals surface area contributed by atoms with E-state index in [-0.39, 0.29) is 23.1 Å². The standard InChI is InChI=1S/C31H49NO3Si/c1-25(27-19-14-11-15-20-27)32(24-26-17-12-10-13-18-26)28(23-29(33)35-30(2,3)4)21-16-22-34-36(8,9)31(5,6)7/h10-15,17-20,25,28H,16,21-24H2,1-9H3/t25-,28-/m0/s1. The van der Waals surface area contributed by atoms with Crippen molar-refractivity contribution in [2.45, 2.75) is 110 Å². The lowest BCUT2D eigenvalue weighted by atomic mass is 9.99. The van der Waals surface area contributed by atoms with Crippen LogP contribution in [0.5, 0.6) is 0 Å². The number of esters is 1. The molecule has 0 bridgehead atoms. The van der Waals surface area contributed by atoms with Gasteiger partial charge in [-0.25, -0.2) is 0 Å². The normalized spacial score (nSPS) is 14.5. The number of carbonyl (C=O) groups is 1. The van der Waals surface area contributed by atoms with Gasteiger partial charge in [0, 0.05) is 25.2 Å². The van der Waals surface area contributed by atoms with Crippen molar-refractivity contribution in [2.75, 3.05) is 6.61 Å². The fourth-order valence-corrected chi connectivity index (χ4v) is 5.21. The van der Waals surface area contributed by atoms with Gasteiger partial charge >= 0.3 is 5.97 Å². The molecule has 0 aliphatic carbocycles. The van der Waals surface area contributed by atoms with Gasteiger partial charge in [-0.3, -0.25) is 9.69 Å². The molecule has 0 aromatic heterocycles. The van der Waals surface area contributed by atoms with E-state index < -0.39 is 13.9 Å². The smallest absolute Gasteiger partial charge is 0.307 e. The Hall–Kier alpha value is -1.95. The molecule has 5 heteroatoms. The molecule has 0 aliphatic heterocycles. The fourth-order valence-electron chi connectivity index (χ4n) is 4.12. The highest BCUT2D eigenvalue weighted by Gasteiger charge is 2.37. The first-order chi connectivity index (χ1) is 16.7. The highest BCUT2D eigenvalue weighted by Crippen LogP contribution is 2.37. The first kappa shape index (κ1) is 30.3. The lowest BCUT2D eigenvalue weighted by Crippen LogP contribution is -2.42. The summed E-state index contributed by atoms with van der Waals surface area (Å²) >= 11 is 0. The molecule has 0 saturated heterocycles. The summed E-state index contributed by atoms with van der Waals surface area (Å²) in [5.74, 6) is -0.142. The van der Waals surface area contributed by atoms with Crippen LogP contribution in [-0.4, -0.2) is 37.4 Å². The van der Waals surface area contributed by atoms with Crippen LogP contribution >= 0.6 is 0 Å². The van der Waals surface area contributed by atoms with E-state index in [1.165, 1.54) is 11.1 Å². The van der Waals surface area contributed by atoms with Crippen LogP contribution in [-0.2, 0) is 20.5 Å². The Bertz CT molecular complexity index is 916. The Morgan fingerprint density at radius 2 is 1.47 bits per heavy atom. The highest BCUT2D eigenvalue weighted by molar-refractivity contribution is 6.74. The van der Waals surface area contributed by atoms with E-state index in [1.807, 2.05) is 32.9 Å². The molecule has 0 saturated carbocycles. The maximum absolute atomic E-state index is 13.0. The van der Waals surface area contributed by atoms with Crippen LogP contribution in [0.4, 0.5) is 0 Å². The molecular formula is C31H49NO3Si. The highest BCUT2D eigenvalue weighted by atomic mass is 28.4. The molecule has 0 fully saturated rings. The molecule has 0 aliphatic rings. The zero-order valence-electron chi connectivity index (χ0n) is 24.1. The molecule has 2 aromatic rings.